The zero-order valence-electron chi connectivity index (χ0n) is 15.2. The summed E-state index contributed by atoms with van der Waals surface area (Å²) in [6.45, 7) is 2.41. The molecule has 2 fully saturated rings. The first-order valence-electron chi connectivity index (χ1n) is 9.56. The lowest BCUT2D eigenvalue weighted by Crippen LogP contribution is -2.39. The minimum Gasteiger partial charge on any atom is -0.381 e. The van der Waals surface area contributed by atoms with Crippen LogP contribution in [0.15, 0.2) is 29.2 Å². The van der Waals surface area contributed by atoms with Gasteiger partial charge >= 0.3 is 0 Å². The van der Waals surface area contributed by atoms with Crippen molar-refractivity contribution in [1.29, 1.82) is 0 Å². The Hall–Kier alpha value is -1.44. The van der Waals surface area contributed by atoms with Crippen molar-refractivity contribution in [3.8, 4) is 0 Å². The van der Waals surface area contributed by atoms with E-state index in [4.69, 9.17) is 4.74 Å². The highest BCUT2D eigenvalue weighted by Crippen LogP contribution is 2.21. The van der Waals surface area contributed by atoms with Gasteiger partial charge in [0, 0.05) is 37.9 Å². The molecule has 0 saturated carbocycles. The van der Waals surface area contributed by atoms with E-state index in [1.807, 2.05) is 0 Å². The lowest BCUT2D eigenvalue weighted by atomic mass is 10.1. The van der Waals surface area contributed by atoms with Crippen LogP contribution in [-0.4, -0.2) is 51.0 Å². The first-order chi connectivity index (χ1) is 12.6. The SMILES string of the molecule is O=C(NC1CCOCC1)c1cccc(S(=O)(=O)N2CCCCCCC2)c1. The molecule has 2 heterocycles. The largest absolute Gasteiger partial charge is 0.381 e. The summed E-state index contributed by atoms with van der Waals surface area (Å²) in [6, 6.07) is 6.49. The van der Waals surface area contributed by atoms with Gasteiger partial charge in [-0.05, 0) is 43.9 Å². The summed E-state index contributed by atoms with van der Waals surface area (Å²) in [5.74, 6) is -0.221. The molecule has 0 unspecified atom stereocenters. The van der Waals surface area contributed by atoms with E-state index in [1.54, 1.807) is 22.5 Å². The fourth-order valence-electron chi connectivity index (χ4n) is 3.52. The summed E-state index contributed by atoms with van der Waals surface area (Å²) >= 11 is 0. The van der Waals surface area contributed by atoms with Crippen molar-refractivity contribution in [3.63, 3.8) is 0 Å². The summed E-state index contributed by atoms with van der Waals surface area (Å²) in [5.41, 5.74) is 0.393. The molecule has 0 aliphatic carbocycles. The molecular weight excluding hydrogens is 352 g/mol. The molecule has 1 aromatic carbocycles. The van der Waals surface area contributed by atoms with E-state index in [0.29, 0.717) is 31.9 Å². The molecule has 7 heteroatoms. The van der Waals surface area contributed by atoms with Gasteiger partial charge in [0.1, 0.15) is 0 Å². The van der Waals surface area contributed by atoms with Crippen LogP contribution in [0.4, 0.5) is 0 Å². The third-order valence-electron chi connectivity index (χ3n) is 5.11. The summed E-state index contributed by atoms with van der Waals surface area (Å²) < 4.78 is 32.9. The van der Waals surface area contributed by atoms with Crippen LogP contribution in [0.2, 0.25) is 0 Å². The fourth-order valence-corrected chi connectivity index (χ4v) is 5.08. The summed E-state index contributed by atoms with van der Waals surface area (Å²) in [6.07, 6.45) is 6.68. The van der Waals surface area contributed by atoms with Crippen molar-refractivity contribution in [3.05, 3.63) is 29.8 Å². The van der Waals surface area contributed by atoms with Crippen molar-refractivity contribution < 1.29 is 17.9 Å². The Kier molecular flexibility index (Phi) is 6.67. The Balaban J connectivity index is 1.73. The van der Waals surface area contributed by atoms with E-state index < -0.39 is 10.0 Å². The average molecular weight is 381 g/mol. The Labute approximate surface area is 156 Å². The van der Waals surface area contributed by atoms with Crippen LogP contribution >= 0.6 is 0 Å². The van der Waals surface area contributed by atoms with Crippen molar-refractivity contribution in [2.75, 3.05) is 26.3 Å². The lowest BCUT2D eigenvalue weighted by Gasteiger charge is -2.25. The van der Waals surface area contributed by atoms with Crippen molar-refractivity contribution in [2.45, 2.75) is 55.9 Å². The van der Waals surface area contributed by atoms with Crippen LogP contribution in [0.25, 0.3) is 0 Å². The Morgan fingerprint density at radius 2 is 1.69 bits per heavy atom. The van der Waals surface area contributed by atoms with Gasteiger partial charge in [0.2, 0.25) is 10.0 Å². The lowest BCUT2D eigenvalue weighted by molar-refractivity contribution is 0.0696. The monoisotopic (exact) mass is 380 g/mol. The second-order valence-electron chi connectivity index (χ2n) is 7.06. The Bertz CT molecular complexity index is 706. The quantitative estimate of drug-likeness (QED) is 0.871. The first-order valence-corrected chi connectivity index (χ1v) is 11.0. The van der Waals surface area contributed by atoms with Gasteiger partial charge < -0.3 is 10.1 Å². The van der Waals surface area contributed by atoms with E-state index in [-0.39, 0.29) is 16.8 Å². The predicted octanol–water partition coefficient (Wildman–Crippen LogP) is 2.55. The highest BCUT2D eigenvalue weighted by Gasteiger charge is 2.26. The minimum absolute atomic E-state index is 0.0888. The molecule has 2 aliphatic heterocycles. The highest BCUT2D eigenvalue weighted by molar-refractivity contribution is 7.89. The molecule has 1 amide bonds. The maximum absolute atomic E-state index is 13.0. The van der Waals surface area contributed by atoms with Crippen LogP contribution in [0.3, 0.4) is 0 Å². The third kappa shape index (κ3) is 4.84. The van der Waals surface area contributed by atoms with E-state index >= 15 is 0 Å². The highest BCUT2D eigenvalue weighted by atomic mass is 32.2. The third-order valence-corrected chi connectivity index (χ3v) is 7.00. The van der Waals surface area contributed by atoms with Crippen LogP contribution in [0, 0.1) is 0 Å². The number of nitrogens with zero attached hydrogens (tertiary/aromatic N) is 1. The van der Waals surface area contributed by atoms with Gasteiger partial charge in [0.25, 0.3) is 5.91 Å². The van der Waals surface area contributed by atoms with Crippen LogP contribution in [0.1, 0.15) is 55.3 Å². The summed E-state index contributed by atoms with van der Waals surface area (Å²) in [4.78, 5) is 12.7. The molecule has 6 nitrogen and oxygen atoms in total. The molecule has 2 saturated heterocycles. The first kappa shape index (κ1) is 19.3. The molecule has 2 aliphatic rings. The van der Waals surface area contributed by atoms with E-state index in [0.717, 1.165) is 38.5 Å². The number of carbonyl (C=O) groups is 1. The van der Waals surface area contributed by atoms with Gasteiger partial charge in [0.15, 0.2) is 0 Å². The van der Waals surface area contributed by atoms with Crippen molar-refractivity contribution in [2.24, 2.45) is 0 Å². The number of hydrogen-bond donors (Lipinski definition) is 1. The molecule has 3 rings (SSSR count). The molecule has 144 valence electrons. The minimum atomic E-state index is -3.56. The van der Waals surface area contributed by atoms with Crippen molar-refractivity contribution in [1.82, 2.24) is 9.62 Å². The van der Waals surface area contributed by atoms with Crippen LogP contribution < -0.4 is 5.32 Å². The molecule has 26 heavy (non-hydrogen) atoms. The molecule has 0 aromatic heterocycles. The number of sulfonamides is 1. The maximum Gasteiger partial charge on any atom is 0.251 e. The number of hydrogen-bond acceptors (Lipinski definition) is 4. The average Bonchev–Trinajstić information content (AvgIpc) is 2.62. The predicted molar refractivity (Wildman–Crippen MR) is 99.6 cm³/mol. The van der Waals surface area contributed by atoms with E-state index in [2.05, 4.69) is 5.32 Å². The summed E-state index contributed by atoms with van der Waals surface area (Å²) in [7, 11) is -3.56. The standard InChI is InChI=1S/C19H28N2O4S/c22-19(20-17-9-13-25-14-10-17)16-7-6-8-18(15-16)26(23,24)21-11-4-2-1-3-5-12-21/h6-8,15,17H,1-5,9-14H2,(H,20,22). The van der Waals surface area contributed by atoms with Crippen LogP contribution in [-0.2, 0) is 14.8 Å². The van der Waals surface area contributed by atoms with Gasteiger partial charge in [-0.15, -0.1) is 0 Å². The molecular formula is C19H28N2O4S. The number of rotatable bonds is 4. The normalized spacial score (nSPS) is 20.9. The molecule has 0 atom stereocenters. The van der Waals surface area contributed by atoms with Gasteiger partial charge in [0.05, 0.1) is 4.90 Å². The second kappa shape index (κ2) is 8.97. The second-order valence-corrected chi connectivity index (χ2v) is 9.00. The van der Waals surface area contributed by atoms with Gasteiger partial charge in [-0.1, -0.05) is 25.3 Å². The van der Waals surface area contributed by atoms with Crippen molar-refractivity contribution >= 4 is 15.9 Å². The number of carbonyl (C=O) groups excluding carboxylic acids is 1. The molecule has 1 N–H and O–H groups in total. The smallest absolute Gasteiger partial charge is 0.251 e. The van der Waals surface area contributed by atoms with E-state index in [1.165, 1.54) is 12.5 Å². The van der Waals surface area contributed by atoms with Crippen LogP contribution in [0.5, 0.6) is 0 Å². The Morgan fingerprint density at radius 1 is 1.04 bits per heavy atom. The summed E-state index contributed by atoms with van der Waals surface area (Å²) in [5, 5.41) is 2.98. The number of ether oxygens (including phenoxy) is 1. The maximum atomic E-state index is 13.0. The number of benzene rings is 1. The molecule has 0 bridgehead atoms. The van der Waals surface area contributed by atoms with E-state index in [9.17, 15) is 13.2 Å². The van der Waals surface area contributed by atoms with Gasteiger partial charge in [-0.3, -0.25) is 4.79 Å². The van der Waals surface area contributed by atoms with Gasteiger partial charge in [-0.25, -0.2) is 8.42 Å². The zero-order valence-corrected chi connectivity index (χ0v) is 16.0. The number of nitrogens with one attached hydrogen (secondary N) is 1. The molecule has 1 aromatic rings. The van der Waals surface area contributed by atoms with Gasteiger partial charge in [-0.2, -0.15) is 4.31 Å². The topological polar surface area (TPSA) is 75.7 Å². The Morgan fingerprint density at radius 3 is 2.38 bits per heavy atom. The number of amides is 1. The molecule has 0 radical (unpaired) electrons. The molecule has 0 spiro atoms. The fraction of sp³-hybridized carbons (Fsp3) is 0.632. The zero-order chi connectivity index (χ0) is 18.4.